The summed E-state index contributed by atoms with van der Waals surface area (Å²) >= 11 is 2.97. The van der Waals surface area contributed by atoms with Crippen molar-refractivity contribution < 1.29 is 13.2 Å². The van der Waals surface area contributed by atoms with Crippen LogP contribution in [0.2, 0.25) is 0 Å². The van der Waals surface area contributed by atoms with Crippen LogP contribution >= 0.6 is 15.9 Å². The van der Waals surface area contributed by atoms with Crippen molar-refractivity contribution in [3.63, 3.8) is 0 Å². The van der Waals surface area contributed by atoms with Gasteiger partial charge in [-0.05, 0) is 27.6 Å². The Morgan fingerprint density at radius 3 is 2.59 bits per heavy atom. The van der Waals surface area contributed by atoms with E-state index in [2.05, 4.69) is 20.9 Å². The van der Waals surface area contributed by atoms with E-state index in [0.29, 0.717) is 25.2 Å². The number of nitrogens with zero attached hydrogens (tertiary/aromatic N) is 2. The second kappa shape index (κ2) is 4.94. The standard InChI is InChI=1S/C11H12BrF3N2/c12-10-9(13)5-8(6-16-10)7-17-3-1-11(14,15)2-4-17/h5-6H,1-4,7H2. The second-order valence-electron chi connectivity index (χ2n) is 4.25. The predicted molar refractivity (Wildman–Crippen MR) is 61.4 cm³/mol. The van der Waals surface area contributed by atoms with Crippen molar-refractivity contribution in [3.8, 4) is 0 Å². The van der Waals surface area contributed by atoms with E-state index in [-0.39, 0.29) is 17.4 Å². The molecule has 1 saturated heterocycles. The number of halogens is 4. The molecule has 1 aliphatic heterocycles. The summed E-state index contributed by atoms with van der Waals surface area (Å²) in [5.74, 6) is -2.97. The molecule has 1 aromatic rings. The van der Waals surface area contributed by atoms with Gasteiger partial charge in [0.2, 0.25) is 0 Å². The lowest BCUT2D eigenvalue weighted by Gasteiger charge is -2.31. The van der Waals surface area contributed by atoms with Crippen molar-refractivity contribution >= 4 is 15.9 Å². The zero-order valence-corrected chi connectivity index (χ0v) is 10.7. The van der Waals surface area contributed by atoms with Crippen molar-refractivity contribution in [2.75, 3.05) is 13.1 Å². The van der Waals surface area contributed by atoms with Crippen LogP contribution in [0.1, 0.15) is 18.4 Å². The monoisotopic (exact) mass is 308 g/mol. The fraction of sp³-hybridized carbons (Fsp3) is 0.545. The third-order valence-corrected chi connectivity index (χ3v) is 3.43. The summed E-state index contributed by atoms with van der Waals surface area (Å²) in [4.78, 5) is 5.73. The number of aromatic nitrogens is 1. The second-order valence-corrected chi connectivity index (χ2v) is 5.00. The van der Waals surface area contributed by atoms with Crippen molar-refractivity contribution in [3.05, 3.63) is 28.2 Å². The van der Waals surface area contributed by atoms with Gasteiger partial charge in [0.25, 0.3) is 5.92 Å². The van der Waals surface area contributed by atoms with Crippen LogP contribution in [0.5, 0.6) is 0 Å². The van der Waals surface area contributed by atoms with E-state index in [9.17, 15) is 13.2 Å². The predicted octanol–water partition coefficient (Wildman–Crippen LogP) is 3.21. The zero-order valence-electron chi connectivity index (χ0n) is 9.10. The lowest BCUT2D eigenvalue weighted by molar-refractivity contribution is -0.0566. The lowest BCUT2D eigenvalue weighted by atomic mass is 10.1. The maximum Gasteiger partial charge on any atom is 0.250 e. The summed E-state index contributed by atoms with van der Waals surface area (Å²) in [6.07, 6.45) is 1.30. The molecule has 0 spiro atoms. The van der Waals surface area contributed by atoms with Crippen molar-refractivity contribution in [1.29, 1.82) is 0 Å². The highest BCUT2D eigenvalue weighted by Gasteiger charge is 2.33. The first-order chi connectivity index (χ1) is 7.96. The normalized spacial score (nSPS) is 20.5. The quantitative estimate of drug-likeness (QED) is 0.780. The van der Waals surface area contributed by atoms with Gasteiger partial charge in [0, 0.05) is 38.7 Å². The number of hydrogen-bond acceptors (Lipinski definition) is 2. The van der Waals surface area contributed by atoms with Gasteiger partial charge in [-0.3, -0.25) is 4.90 Å². The molecule has 0 unspecified atom stereocenters. The highest BCUT2D eigenvalue weighted by molar-refractivity contribution is 9.10. The molecule has 0 amide bonds. The van der Waals surface area contributed by atoms with Crippen molar-refractivity contribution in [1.82, 2.24) is 9.88 Å². The van der Waals surface area contributed by atoms with Crippen LogP contribution in [0.4, 0.5) is 13.2 Å². The van der Waals surface area contributed by atoms with E-state index in [0.717, 1.165) is 0 Å². The largest absolute Gasteiger partial charge is 0.299 e. The summed E-state index contributed by atoms with van der Waals surface area (Å²) in [7, 11) is 0. The molecular weight excluding hydrogens is 297 g/mol. The van der Waals surface area contributed by atoms with E-state index in [1.165, 1.54) is 6.07 Å². The third kappa shape index (κ3) is 3.42. The highest BCUT2D eigenvalue weighted by atomic mass is 79.9. The summed E-state index contributed by atoms with van der Waals surface area (Å²) in [5, 5.41) is 0. The van der Waals surface area contributed by atoms with Gasteiger partial charge in [0.1, 0.15) is 4.60 Å². The third-order valence-electron chi connectivity index (χ3n) is 2.85. The van der Waals surface area contributed by atoms with E-state index in [4.69, 9.17) is 0 Å². The first kappa shape index (κ1) is 12.8. The molecule has 2 rings (SSSR count). The highest BCUT2D eigenvalue weighted by Crippen LogP contribution is 2.28. The molecule has 0 N–H and O–H groups in total. The Morgan fingerprint density at radius 1 is 1.35 bits per heavy atom. The SMILES string of the molecule is Fc1cc(CN2CCC(F)(F)CC2)cnc1Br. The van der Waals surface area contributed by atoms with Crippen LogP contribution in [0.25, 0.3) is 0 Å². The van der Waals surface area contributed by atoms with Crippen LogP contribution in [0.15, 0.2) is 16.9 Å². The van der Waals surface area contributed by atoms with E-state index < -0.39 is 11.7 Å². The van der Waals surface area contributed by atoms with Crippen LogP contribution < -0.4 is 0 Å². The van der Waals surface area contributed by atoms with Crippen LogP contribution in [0, 0.1) is 5.82 Å². The average Bonchev–Trinajstić information content (AvgIpc) is 2.27. The molecule has 6 heteroatoms. The molecule has 94 valence electrons. The Balaban J connectivity index is 1.95. The molecule has 0 radical (unpaired) electrons. The molecule has 0 aromatic carbocycles. The molecule has 1 aromatic heterocycles. The minimum Gasteiger partial charge on any atom is -0.299 e. The molecule has 0 bridgehead atoms. The average molecular weight is 309 g/mol. The number of alkyl halides is 2. The van der Waals surface area contributed by atoms with Gasteiger partial charge in [-0.25, -0.2) is 18.2 Å². The van der Waals surface area contributed by atoms with E-state index in [1.807, 2.05) is 4.90 Å². The summed E-state index contributed by atoms with van der Waals surface area (Å²) < 4.78 is 39.2. The van der Waals surface area contributed by atoms with Gasteiger partial charge >= 0.3 is 0 Å². The Bertz CT molecular complexity index is 402. The number of rotatable bonds is 2. The van der Waals surface area contributed by atoms with Gasteiger partial charge in [-0.1, -0.05) is 0 Å². The van der Waals surface area contributed by atoms with Gasteiger partial charge < -0.3 is 0 Å². The Hall–Kier alpha value is -0.620. The molecule has 1 fully saturated rings. The topological polar surface area (TPSA) is 16.1 Å². The van der Waals surface area contributed by atoms with E-state index >= 15 is 0 Å². The minimum atomic E-state index is -2.54. The summed E-state index contributed by atoms with van der Waals surface area (Å²) in [6, 6.07) is 1.38. The van der Waals surface area contributed by atoms with E-state index in [1.54, 1.807) is 6.20 Å². The first-order valence-electron chi connectivity index (χ1n) is 5.36. The van der Waals surface area contributed by atoms with Crippen LogP contribution in [-0.2, 0) is 6.54 Å². The molecule has 0 saturated carbocycles. The molecule has 2 heterocycles. The van der Waals surface area contributed by atoms with Gasteiger partial charge in [0.05, 0.1) is 0 Å². The maximum atomic E-state index is 13.2. The zero-order chi connectivity index (χ0) is 12.5. The molecule has 1 aliphatic rings. The number of pyridine rings is 1. The van der Waals surface area contributed by atoms with Crippen LogP contribution in [0.3, 0.4) is 0 Å². The van der Waals surface area contributed by atoms with Crippen LogP contribution in [-0.4, -0.2) is 28.9 Å². The fourth-order valence-corrected chi connectivity index (χ4v) is 2.06. The summed E-state index contributed by atoms with van der Waals surface area (Å²) in [5.41, 5.74) is 0.705. The maximum absolute atomic E-state index is 13.2. The molecule has 0 atom stereocenters. The Kier molecular flexibility index (Phi) is 3.73. The Morgan fingerprint density at radius 2 is 2.00 bits per heavy atom. The molecule has 2 nitrogen and oxygen atoms in total. The minimum absolute atomic E-state index is 0.126. The summed E-state index contributed by atoms with van der Waals surface area (Å²) in [6.45, 7) is 1.14. The molecule has 0 aliphatic carbocycles. The van der Waals surface area contributed by atoms with Gasteiger partial charge in [0.15, 0.2) is 5.82 Å². The fourth-order valence-electron chi connectivity index (χ4n) is 1.84. The number of hydrogen-bond donors (Lipinski definition) is 0. The van der Waals surface area contributed by atoms with Gasteiger partial charge in [-0.15, -0.1) is 0 Å². The lowest BCUT2D eigenvalue weighted by Crippen LogP contribution is -2.38. The smallest absolute Gasteiger partial charge is 0.250 e. The molecule has 17 heavy (non-hydrogen) atoms. The van der Waals surface area contributed by atoms with Crippen molar-refractivity contribution in [2.24, 2.45) is 0 Å². The van der Waals surface area contributed by atoms with Crippen molar-refractivity contribution in [2.45, 2.75) is 25.3 Å². The number of likely N-dealkylation sites (tertiary alicyclic amines) is 1. The first-order valence-corrected chi connectivity index (χ1v) is 6.16. The van der Waals surface area contributed by atoms with Gasteiger partial charge in [-0.2, -0.15) is 0 Å². The Labute approximate surface area is 106 Å². The number of piperidine rings is 1. The molecular formula is C11H12BrF3N2.